The molecule has 26 heavy (non-hydrogen) atoms. The number of thiazole rings is 1. The molecule has 2 aromatic heterocycles. The Morgan fingerprint density at radius 3 is 2.46 bits per heavy atom. The average molecular weight is 386 g/mol. The Balaban J connectivity index is 1.48. The zero-order valence-electron chi connectivity index (χ0n) is 14.1. The molecule has 7 heteroatoms. The van der Waals surface area contributed by atoms with Gasteiger partial charge in [-0.25, -0.2) is 9.78 Å². The molecular weight excluding hydrogens is 368 g/mol. The molecule has 3 aromatic rings. The number of nitrogens with zero attached hydrogens (tertiary/aromatic N) is 2. The molecule has 0 amide bonds. The van der Waals surface area contributed by atoms with Crippen molar-refractivity contribution in [3.05, 3.63) is 46.3 Å². The maximum Gasteiger partial charge on any atom is 0.335 e. The van der Waals surface area contributed by atoms with Crippen LogP contribution in [0.15, 0.2) is 30.3 Å². The molecule has 0 unspecified atom stereocenters. The van der Waals surface area contributed by atoms with E-state index in [1.807, 2.05) is 6.07 Å². The van der Waals surface area contributed by atoms with Gasteiger partial charge in [-0.05, 0) is 43.0 Å². The number of carbonyl (C=O) groups excluding carboxylic acids is 1. The quantitative estimate of drug-likeness (QED) is 0.655. The number of carboxylic acid groups (broad SMARTS) is 1. The van der Waals surface area contributed by atoms with E-state index in [2.05, 4.69) is 4.90 Å². The summed E-state index contributed by atoms with van der Waals surface area (Å²) in [6.07, 6.45) is 4.00. The van der Waals surface area contributed by atoms with Crippen LogP contribution in [0.5, 0.6) is 0 Å². The molecule has 5 nitrogen and oxygen atoms in total. The Hall–Kier alpha value is -2.25. The number of anilines is 1. The van der Waals surface area contributed by atoms with Crippen molar-refractivity contribution in [2.75, 3.05) is 18.0 Å². The van der Waals surface area contributed by atoms with Crippen molar-refractivity contribution in [2.24, 2.45) is 0 Å². The van der Waals surface area contributed by atoms with E-state index in [0.717, 1.165) is 33.3 Å². The lowest BCUT2D eigenvalue weighted by molar-refractivity contribution is 0.0696. The lowest BCUT2D eigenvalue weighted by Gasteiger charge is -2.25. The average Bonchev–Trinajstić information content (AvgIpc) is 3.22. The Bertz CT molecular complexity index is 921. The fraction of sp³-hybridized carbons (Fsp3) is 0.316. The highest BCUT2D eigenvalue weighted by atomic mass is 32.2. The molecule has 0 radical (unpaired) electrons. The van der Waals surface area contributed by atoms with E-state index >= 15 is 0 Å². The number of ketones is 1. The number of rotatable bonds is 5. The van der Waals surface area contributed by atoms with Gasteiger partial charge in [-0.2, -0.15) is 0 Å². The highest BCUT2D eigenvalue weighted by Gasteiger charge is 2.18. The lowest BCUT2D eigenvalue weighted by Crippen LogP contribution is -2.29. The fourth-order valence-electron chi connectivity index (χ4n) is 3.12. The molecule has 0 aliphatic carbocycles. The van der Waals surface area contributed by atoms with Crippen LogP contribution in [0.3, 0.4) is 0 Å². The molecule has 3 heterocycles. The number of carboxylic acids is 1. The summed E-state index contributed by atoms with van der Waals surface area (Å²) in [6.45, 7) is 2.14. The Morgan fingerprint density at radius 1 is 1.08 bits per heavy atom. The first kappa shape index (κ1) is 17.2. The van der Waals surface area contributed by atoms with Crippen LogP contribution in [-0.2, 0) is 6.42 Å². The standard InChI is InChI=1S/C19H18N2O3S2/c22-15(10-12-4-6-13(7-5-12)17(23)24)16-11-14-18(25-16)26-19(20-14)21-8-2-1-3-9-21/h4-7,11H,1-3,8-10H2,(H,23,24). The van der Waals surface area contributed by atoms with Crippen molar-refractivity contribution >= 4 is 49.1 Å². The number of Topliss-reactive ketones (excluding diaryl/α,β-unsaturated/α-hetero) is 1. The maximum absolute atomic E-state index is 12.5. The molecule has 0 atom stereocenters. The summed E-state index contributed by atoms with van der Waals surface area (Å²) in [5.41, 5.74) is 1.95. The molecule has 1 saturated heterocycles. The highest BCUT2D eigenvalue weighted by molar-refractivity contribution is 7.40. The first-order chi connectivity index (χ1) is 12.6. The van der Waals surface area contributed by atoms with Crippen LogP contribution < -0.4 is 4.90 Å². The van der Waals surface area contributed by atoms with Gasteiger partial charge in [0.2, 0.25) is 0 Å². The minimum Gasteiger partial charge on any atom is -0.478 e. The summed E-state index contributed by atoms with van der Waals surface area (Å²) in [5, 5.41) is 10.00. The second-order valence-electron chi connectivity index (χ2n) is 6.43. The van der Waals surface area contributed by atoms with E-state index in [-0.39, 0.29) is 17.8 Å². The second-order valence-corrected chi connectivity index (χ2v) is 8.72. The van der Waals surface area contributed by atoms with Crippen molar-refractivity contribution < 1.29 is 14.7 Å². The third-order valence-corrected chi connectivity index (χ3v) is 6.93. The number of aromatic nitrogens is 1. The summed E-state index contributed by atoms with van der Waals surface area (Å²) in [4.78, 5) is 31.2. The van der Waals surface area contributed by atoms with Gasteiger partial charge in [0.05, 0.1) is 16.0 Å². The first-order valence-electron chi connectivity index (χ1n) is 8.61. The molecule has 1 N–H and O–H groups in total. The zero-order chi connectivity index (χ0) is 18.1. The summed E-state index contributed by atoms with van der Waals surface area (Å²) >= 11 is 3.17. The van der Waals surface area contributed by atoms with Crippen molar-refractivity contribution in [1.82, 2.24) is 4.98 Å². The molecule has 0 spiro atoms. The van der Waals surface area contributed by atoms with Crippen LogP contribution in [0, 0.1) is 0 Å². The van der Waals surface area contributed by atoms with Crippen molar-refractivity contribution in [1.29, 1.82) is 0 Å². The van der Waals surface area contributed by atoms with Gasteiger partial charge in [-0.15, -0.1) is 11.3 Å². The van der Waals surface area contributed by atoms with Crippen LogP contribution in [0.1, 0.15) is 44.9 Å². The highest BCUT2D eigenvalue weighted by Crippen LogP contribution is 2.36. The van der Waals surface area contributed by atoms with E-state index in [0.29, 0.717) is 4.88 Å². The van der Waals surface area contributed by atoms with E-state index in [1.54, 1.807) is 23.5 Å². The topological polar surface area (TPSA) is 70.5 Å². The fourth-order valence-corrected chi connectivity index (χ4v) is 5.38. The van der Waals surface area contributed by atoms with Crippen LogP contribution in [-0.4, -0.2) is 34.9 Å². The van der Waals surface area contributed by atoms with Crippen LogP contribution in [0.25, 0.3) is 9.53 Å². The van der Waals surface area contributed by atoms with Gasteiger partial charge in [0.25, 0.3) is 0 Å². The molecule has 1 aliphatic rings. The normalized spacial score (nSPS) is 14.7. The van der Waals surface area contributed by atoms with Gasteiger partial charge in [-0.3, -0.25) is 4.79 Å². The summed E-state index contributed by atoms with van der Waals surface area (Å²) in [5.74, 6) is -0.917. The second kappa shape index (κ2) is 7.17. The van der Waals surface area contributed by atoms with Gasteiger partial charge in [0, 0.05) is 19.5 Å². The number of aromatic carboxylic acids is 1. The third kappa shape index (κ3) is 3.50. The first-order valence-corrected chi connectivity index (χ1v) is 10.2. The number of fused-ring (bicyclic) bond motifs is 1. The number of benzene rings is 1. The maximum atomic E-state index is 12.5. The van der Waals surface area contributed by atoms with E-state index in [1.165, 1.54) is 42.7 Å². The molecular formula is C19H18N2O3S2. The third-order valence-electron chi connectivity index (χ3n) is 4.55. The predicted molar refractivity (Wildman–Crippen MR) is 105 cm³/mol. The van der Waals surface area contributed by atoms with Crippen LogP contribution in [0.4, 0.5) is 5.13 Å². The van der Waals surface area contributed by atoms with Crippen molar-refractivity contribution in [3.63, 3.8) is 0 Å². The Kier molecular flexibility index (Phi) is 4.74. The largest absolute Gasteiger partial charge is 0.478 e. The molecule has 1 aromatic carbocycles. The van der Waals surface area contributed by atoms with Crippen LogP contribution >= 0.6 is 22.7 Å². The SMILES string of the molecule is O=C(O)c1ccc(CC(=O)c2cc3nc(N4CCCCC4)sc3s2)cc1. The minimum atomic E-state index is -0.961. The van der Waals surface area contributed by atoms with E-state index in [9.17, 15) is 9.59 Å². The Labute approximate surface area is 158 Å². The van der Waals surface area contributed by atoms with Crippen molar-refractivity contribution in [2.45, 2.75) is 25.7 Å². The minimum absolute atomic E-state index is 0.0443. The van der Waals surface area contributed by atoms with Crippen molar-refractivity contribution in [3.8, 4) is 0 Å². The van der Waals surface area contributed by atoms with Gasteiger partial charge in [-0.1, -0.05) is 23.5 Å². The molecule has 134 valence electrons. The van der Waals surface area contributed by atoms with Gasteiger partial charge in [0.15, 0.2) is 10.9 Å². The van der Waals surface area contributed by atoms with Gasteiger partial charge in [0.1, 0.15) is 4.01 Å². The zero-order valence-corrected chi connectivity index (χ0v) is 15.7. The molecule has 1 fully saturated rings. The molecule has 0 bridgehead atoms. The number of hydrogen-bond donors (Lipinski definition) is 1. The summed E-state index contributed by atoms with van der Waals surface area (Å²) in [7, 11) is 0. The van der Waals surface area contributed by atoms with Crippen LogP contribution in [0.2, 0.25) is 0 Å². The molecule has 4 rings (SSSR count). The predicted octanol–water partition coefficient (Wildman–Crippen LogP) is 4.47. The smallest absolute Gasteiger partial charge is 0.335 e. The monoisotopic (exact) mass is 386 g/mol. The Morgan fingerprint density at radius 2 is 1.81 bits per heavy atom. The molecule has 1 aliphatic heterocycles. The number of thiophene rings is 1. The molecule has 0 saturated carbocycles. The number of hydrogen-bond acceptors (Lipinski definition) is 6. The summed E-state index contributed by atoms with van der Waals surface area (Å²) < 4.78 is 1.09. The lowest BCUT2D eigenvalue weighted by atomic mass is 10.1. The van der Waals surface area contributed by atoms with Gasteiger partial charge < -0.3 is 10.0 Å². The van der Waals surface area contributed by atoms with E-state index in [4.69, 9.17) is 10.1 Å². The van der Waals surface area contributed by atoms with E-state index < -0.39 is 5.97 Å². The number of carbonyl (C=O) groups is 2. The summed E-state index contributed by atoms with van der Waals surface area (Å²) in [6, 6.07) is 8.35. The number of piperidine rings is 1. The van der Waals surface area contributed by atoms with Gasteiger partial charge >= 0.3 is 5.97 Å².